The van der Waals surface area contributed by atoms with E-state index in [4.69, 9.17) is 0 Å². The van der Waals surface area contributed by atoms with Crippen molar-refractivity contribution in [2.45, 2.75) is 44.3 Å². The second-order valence-corrected chi connectivity index (χ2v) is 7.33. The van der Waals surface area contributed by atoms with Crippen molar-refractivity contribution in [3.63, 3.8) is 0 Å². The first-order valence-corrected chi connectivity index (χ1v) is 8.70. The van der Waals surface area contributed by atoms with Crippen LogP contribution in [0.5, 0.6) is 0 Å². The number of benzene rings is 1. The molecule has 1 aromatic rings. The van der Waals surface area contributed by atoms with Gasteiger partial charge in [0.15, 0.2) is 0 Å². The van der Waals surface area contributed by atoms with Crippen molar-refractivity contribution in [1.82, 2.24) is 4.90 Å². The van der Waals surface area contributed by atoms with Gasteiger partial charge in [0.2, 0.25) is 11.8 Å². The summed E-state index contributed by atoms with van der Waals surface area (Å²) in [6.07, 6.45) is 5.75. The molecule has 2 aliphatic rings. The van der Waals surface area contributed by atoms with Gasteiger partial charge in [-0.15, -0.1) is 11.8 Å². The lowest BCUT2D eigenvalue weighted by molar-refractivity contribution is -0.139. The largest absolute Gasteiger partial charge is 0.274 e. The van der Waals surface area contributed by atoms with Gasteiger partial charge in [-0.05, 0) is 30.4 Å². The maximum atomic E-state index is 11.9. The zero-order valence-corrected chi connectivity index (χ0v) is 13.8. The molecule has 2 amide bonds. The van der Waals surface area contributed by atoms with Gasteiger partial charge in [0.25, 0.3) is 0 Å². The van der Waals surface area contributed by atoms with Gasteiger partial charge in [-0.25, -0.2) is 4.90 Å². The first kappa shape index (κ1) is 15.3. The minimum atomic E-state index is -0.200. The van der Waals surface area contributed by atoms with Gasteiger partial charge in [0.05, 0.1) is 5.03 Å². The number of thioether (sulfide) groups is 1. The van der Waals surface area contributed by atoms with Crippen LogP contribution in [-0.2, 0) is 9.59 Å². The maximum absolute atomic E-state index is 11.9. The SMILES string of the molecule is CC(=O)N(C(C)=O)C1=C[C@@H](c2ccccc2)[C@@H]2CCC[C@@H]2S1. The van der Waals surface area contributed by atoms with Crippen molar-refractivity contribution in [2.24, 2.45) is 5.92 Å². The Morgan fingerprint density at radius 3 is 2.41 bits per heavy atom. The first-order valence-electron chi connectivity index (χ1n) is 7.82. The van der Waals surface area contributed by atoms with Crippen LogP contribution in [0.1, 0.15) is 44.6 Å². The van der Waals surface area contributed by atoms with E-state index in [0.717, 1.165) is 5.03 Å². The molecule has 0 unspecified atom stereocenters. The summed E-state index contributed by atoms with van der Waals surface area (Å²) in [7, 11) is 0. The summed E-state index contributed by atoms with van der Waals surface area (Å²) >= 11 is 1.71. The van der Waals surface area contributed by atoms with Gasteiger partial charge in [-0.1, -0.05) is 36.8 Å². The van der Waals surface area contributed by atoms with E-state index < -0.39 is 0 Å². The molecule has 0 radical (unpaired) electrons. The molecule has 0 spiro atoms. The number of carbonyl (C=O) groups is 2. The molecular weight excluding hydrogens is 294 g/mol. The molecule has 1 aliphatic heterocycles. The Morgan fingerprint density at radius 1 is 1.09 bits per heavy atom. The number of hydrogen-bond acceptors (Lipinski definition) is 3. The molecule has 0 bridgehead atoms. The summed E-state index contributed by atoms with van der Waals surface area (Å²) in [5.41, 5.74) is 1.28. The van der Waals surface area contributed by atoms with Crippen molar-refractivity contribution in [1.29, 1.82) is 0 Å². The highest BCUT2D eigenvalue weighted by atomic mass is 32.2. The normalized spacial score (nSPS) is 27.0. The van der Waals surface area contributed by atoms with Crippen molar-refractivity contribution < 1.29 is 9.59 Å². The van der Waals surface area contributed by atoms with Gasteiger partial charge in [-0.3, -0.25) is 9.59 Å². The molecular formula is C18H21NO2S. The van der Waals surface area contributed by atoms with E-state index in [9.17, 15) is 9.59 Å². The van der Waals surface area contributed by atoms with Crippen LogP contribution in [0.25, 0.3) is 0 Å². The number of imide groups is 1. The van der Waals surface area contributed by atoms with Crippen molar-refractivity contribution in [3.05, 3.63) is 47.0 Å². The summed E-state index contributed by atoms with van der Waals surface area (Å²) in [5, 5.41) is 1.32. The molecule has 116 valence electrons. The highest BCUT2D eigenvalue weighted by Gasteiger charge is 2.40. The summed E-state index contributed by atoms with van der Waals surface area (Å²) in [6.45, 7) is 2.92. The van der Waals surface area contributed by atoms with Crippen LogP contribution >= 0.6 is 11.8 Å². The number of carbonyl (C=O) groups excluding carboxylic acids is 2. The van der Waals surface area contributed by atoms with Gasteiger partial charge < -0.3 is 0 Å². The van der Waals surface area contributed by atoms with E-state index in [-0.39, 0.29) is 11.8 Å². The smallest absolute Gasteiger partial charge is 0.231 e. The fourth-order valence-corrected chi connectivity index (χ4v) is 5.32. The van der Waals surface area contributed by atoms with E-state index in [1.165, 1.54) is 43.6 Å². The van der Waals surface area contributed by atoms with Crippen LogP contribution in [0.2, 0.25) is 0 Å². The standard InChI is InChI=1S/C18H21NO2S/c1-12(20)19(13(2)21)18-11-16(14-7-4-3-5-8-14)15-9-6-10-17(15)22-18/h3-5,7-8,11,15-17H,6,9-10H2,1-2H3/t15-,16-,17-/m0/s1. The van der Waals surface area contributed by atoms with E-state index in [0.29, 0.717) is 17.1 Å². The van der Waals surface area contributed by atoms with Crippen LogP contribution in [0.4, 0.5) is 0 Å². The third-order valence-corrected chi connectivity index (χ3v) is 6.04. The molecule has 3 rings (SSSR count). The minimum absolute atomic E-state index is 0.200. The van der Waals surface area contributed by atoms with Gasteiger partial charge in [-0.2, -0.15) is 0 Å². The predicted molar refractivity (Wildman–Crippen MR) is 89.2 cm³/mol. The summed E-state index contributed by atoms with van der Waals surface area (Å²) < 4.78 is 0. The number of amides is 2. The van der Waals surface area contributed by atoms with Crippen LogP contribution in [0.3, 0.4) is 0 Å². The van der Waals surface area contributed by atoms with Crippen molar-refractivity contribution >= 4 is 23.6 Å². The molecule has 1 saturated carbocycles. The van der Waals surface area contributed by atoms with Crippen molar-refractivity contribution in [2.75, 3.05) is 0 Å². The Bertz CT molecular complexity index is 597. The van der Waals surface area contributed by atoms with E-state index >= 15 is 0 Å². The quantitative estimate of drug-likeness (QED) is 0.830. The van der Waals surface area contributed by atoms with Crippen LogP contribution in [0, 0.1) is 5.92 Å². The summed E-state index contributed by atoms with van der Waals surface area (Å²) in [5.74, 6) is 0.507. The predicted octanol–water partition coefficient (Wildman–Crippen LogP) is 3.92. The highest BCUT2D eigenvalue weighted by Crippen LogP contribution is 2.51. The Labute approximate surface area is 135 Å². The zero-order valence-electron chi connectivity index (χ0n) is 13.0. The average molecular weight is 315 g/mol. The zero-order chi connectivity index (χ0) is 15.7. The Kier molecular flexibility index (Phi) is 4.39. The molecule has 3 atom stereocenters. The molecule has 0 N–H and O–H groups in total. The third kappa shape index (κ3) is 2.84. The van der Waals surface area contributed by atoms with E-state index in [1.54, 1.807) is 11.8 Å². The fraction of sp³-hybridized carbons (Fsp3) is 0.444. The molecule has 4 heteroatoms. The number of allylic oxidation sites excluding steroid dienone is 1. The lowest BCUT2D eigenvalue weighted by atomic mass is 9.84. The third-order valence-electron chi connectivity index (χ3n) is 4.59. The topological polar surface area (TPSA) is 37.4 Å². The monoisotopic (exact) mass is 315 g/mol. The number of nitrogens with zero attached hydrogens (tertiary/aromatic N) is 1. The second-order valence-electron chi connectivity index (χ2n) is 6.07. The van der Waals surface area contributed by atoms with Crippen LogP contribution in [-0.4, -0.2) is 22.0 Å². The summed E-state index contributed by atoms with van der Waals surface area (Å²) in [6, 6.07) is 10.4. The van der Waals surface area contributed by atoms with Crippen LogP contribution in [0.15, 0.2) is 41.4 Å². The molecule has 0 saturated heterocycles. The molecule has 1 heterocycles. The van der Waals surface area contributed by atoms with Crippen molar-refractivity contribution in [3.8, 4) is 0 Å². The number of hydrogen-bond donors (Lipinski definition) is 0. The Balaban J connectivity index is 2.00. The first-order chi connectivity index (χ1) is 10.6. The fourth-order valence-electron chi connectivity index (χ4n) is 3.66. The molecule has 1 aromatic carbocycles. The summed E-state index contributed by atoms with van der Waals surface area (Å²) in [4.78, 5) is 25.1. The Hall–Kier alpha value is -1.55. The molecule has 1 aliphatic carbocycles. The average Bonchev–Trinajstić information content (AvgIpc) is 2.95. The van der Waals surface area contributed by atoms with E-state index in [1.807, 2.05) is 6.07 Å². The molecule has 0 aromatic heterocycles. The lowest BCUT2D eigenvalue weighted by Gasteiger charge is -2.35. The van der Waals surface area contributed by atoms with Crippen LogP contribution < -0.4 is 0 Å². The van der Waals surface area contributed by atoms with E-state index in [2.05, 4.69) is 30.3 Å². The van der Waals surface area contributed by atoms with Gasteiger partial charge >= 0.3 is 0 Å². The maximum Gasteiger partial charge on any atom is 0.231 e. The number of fused-ring (bicyclic) bond motifs is 1. The molecule has 3 nitrogen and oxygen atoms in total. The highest BCUT2D eigenvalue weighted by molar-refractivity contribution is 8.03. The lowest BCUT2D eigenvalue weighted by Crippen LogP contribution is -2.35. The minimum Gasteiger partial charge on any atom is -0.274 e. The number of rotatable bonds is 2. The molecule has 1 fully saturated rings. The second kappa shape index (κ2) is 6.29. The Morgan fingerprint density at radius 2 is 1.77 bits per heavy atom. The molecule has 22 heavy (non-hydrogen) atoms. The van der Waals surface area contributed by atoms with Gasteiger partial charge in [0, 0.05) is 25.0 Å². The van der Waals surface area contributed by atoms with Gasteiger partial charge in [0.1, 0.15) is 0 Å².